The summed E-state index contributed by atoms with van der Waals surface area (Å²) in [5.41, 5.74) is -1.09. The molecule has 2 aromatic carbocycles. The molecule has 1 saturated heterocycles. The van der Waals surface area contributed by atoms with Crippen LogP contribution in [0.25, 0.3) is 32.6 Å². The van der Waals surface area contributed by atoms with Crippen LogP contribution in [0.2, 0.25) is 0 Å². The lowest BCUT2D eigenvalue weighted by molar-refractivity contribution is 0.0583. The second-order valence-corrected chi connectivity index (χ2v) is 11.6. The highest BCUT2D eigenvalue weighted by molar-refractivity contribution is 7.18. The van der Waals surface area contributed by atoms with Crippen LogP contribution < -0.4 is 5.32 Å². The third-order valence-corrected chi connectivity index (χ3v) is 8.08. The number of likely N-dealkylation sites (N-methyl/N-ethyl adjacent to an activating group) is 1. The van der Waals surface area contributed by atoms with Crippen LogP contribution in [0.3, 0.4) is 0 Å². The van der Waals surface area contributed by atoms with Crippen LogP contribution in [0, 0.1) is 28.8 Å². The number of nitrogens with zero attached hydrogens (tertiary/aromatic N) is 5. The summed E-state index contributed by atoms with van der Waals surface area (Å²) in [6.45, 7) is 3.97. The van der Waals surface area contributed by atoms with E-state index < -0.39 is 23.1 Å². The van der Waals surface area contributed by atoms with Crippen molar-refractivity contribution in [3.63, 3.8) is 0 Å². The summed E-state index contributed by atoms with van der Waals surface area (Å²) in [7, 11) is 1.84. The molecular formula is C28H27F3N6O2S. The number of piperidine rings is 1. The van der Waals surface area contributed by atoms with Crippen LogP contribution in [-0.2, 0) is 6.54 Å². The predicted octanol–water partition coefficient (Wildman–Crippen LogP) is 4.71. The first-order chi connectivity index (χ1) is 19.0. The van der Waals surface area contributed by atoms with Gasteiger partial charge < -0.3 is 15.3 Å². The Hall–Kier alpha value is -3.79. The lowest BCUT2D eigenvalue weighted by atomic mass is 9.99. The van der Waals surface area contributed by atoms with E-state index in [1.807, 2.05) is 7.05 Å². The van der Waals surface area contributed by atoms with Crippen molar-refractivity contribution in [3.05, 3.63) is 58.2 Å². The molecule has 0 saturated carbocycles. The van der Waals surface area contributed by atoms with E-state index in [-0.39, 0.29) is 50.4 Å². The van der Waals surface area contributed by atoms with Gasteiger partial charge in [-0.2, -0.15) is 5.26 Å². The largest absolute Gasteiger partial charge is 0.389 e. The van der Waals surface area contributed by atoms with Crippen molar-refractivity contribution in [1.82, 2.24) is 25.2 Å². The van der Waals surface area contributed by atoms with Crippen molar-refractivity contribution in [2.24, 2.45) is 0 Å². The molecule has 0 spiro atoms. The van der Waals surface area contributed by atoms with Crippen LogP contribution in [0.5, 0.6) is 0 Å². The number of benzene rings is 2. The predicted molar refractivity (Wildman–Crippen MR) is 145 cm³/mol. The Balaban J connectivity index is 1.66. The van der Waals surface area contributed by atoms with Gasteiger partial charge in [0.2, 0.25) is 0 Å². The van der Waals surface area contributed by atoms with E-state index in [1.165, 1.54) is 32.0 Å². The summed E-state index contributed by atoms with van der Waals surface area (Å²) in [5.74, 6) is -3.41. The Bertz CT molecular complexity index is 1650. The maximum absolute atomic E-state index is 15.7. The molecule has 2 aromatic heterocycles. The molecule has 4 aromatic rings. The molecule has 0 bridgehead atoms. The normalized spacial score (nSPS) is 15.9. The van der Waals surface area contributed by atoms with Crippen molar-refractivity contribution >= 4 is 28.3 Å². The molecule has 3 heterocycles. The Morgan fingerprint density at radius 3 is 2.67 bits per heavy atom. The van der Waals surface area contributed by atoms with Crippen molar-refractivity contribution in [1.29, 1.82) is 5.26 Å². The molecule has 2 N–H and O–H groups in total. The second-order valence-electron chi connectivity index (χ2n) is 10.5. The topological polar surface area (TPSA) is 107 Å². The van der Waals surface area contributed by atoms with Crippen molar-refractivity contribution in [3.8, 4) is 27.6 Å². The maximum Gasteiger partial charge on any atom is 0.264 e. The SMILES string of the molecule is CNC1CCCN(C(=O)c2cc(-c3ccc(C#N)c(F)c3)c(-c3cc4nnn(CC(C)(C)O)c4c(F)c3F)s2)C1. The van der Waals surface area contributed by atoms with E-state index in [0.29, 0.717) is 24.2 Å². The smallest absolute Gasteiger partial charge is 0.264 e. The average molecular weight is 569 g/mol. The van der Waals surface area contributed by atoms with Gasteiger partial charge in [-0.3, -0.25) is 4.79 Å². The summed E-state index contributed by atoms with van der Waals surface area (Å²) in [6.07, 6.45) is 1.75. The third-order valence-electron chi connectivity index (χ3n) is 6.92. The molecule has 1 unspecified atom stereocenters. The average Bonchev–Trinajstić information content (AvgIpc) is 3.54. The van der Waals surface area contributed by atoms with E-state index in [0.717, 1.165) is 34.9 Å². The zero-order valence-electron chi connectivity index (χ0n) is 22.1. The van der Waals surface area contributed by atoms with Crippen LogP contribution in [0.15, 0.2) is 30.3 Å². The van der Waals surface area contributed by atoms with Gasteiger partial charge in [0.25, 0.3) is 5.91 Å². The molecule has 1 aliphatic rings. The monoisotopic (exact) mass is 568 g/mol. The number of carbonyl (C=O) groups is 1. The molecular weight excluding hydrogens is 541 g/mol. The maximum atomic E-state index is 15.7. The second kappa shape index (κ2) is 10.6. The number of halogens is 3. The van der Waals surface area contributed by atoms with Gasteiger partial charge in [0.1, 0.15) is 22.9 Å². The standard InChI is InChI=1S/C28H27F3N6O2S/c1-28(2,39)14-37-25-21(34-35-37)10-19(23(30)24(25)31)26-18(15-6-7-16(12-32)20(29)9-15)11-22(40-26)27(38)36-8-4-5-17(13-36)33-3/h6-7,9-11,17,33,39H,4-5,8,13-14H2,1-3H3. The first-order valence-corrected chi connectivity index (χ1v) is 13.6. The fraction of sp³-hybridized carbons (Fsp3) is 0.357. The number of nitriles is 1. The van der Waals surface area contributed by atoms with E-state index in [1.54, 1.807) is 17.0 Å². The molecule has 1 atom stereocenters. The van der Waals surface area contributed by atoms with Crippen LogP contribution >= 0.6 is 11.3 Å². The number of thiophene rings is 1. The minimum atomic E-state index is -1.25. The quantitative estimate of drug-likeness (QED) is 0.349. The van der Waals surface area contributed by atoms with Crippen LogP contribution in [0.1, 0.15) is 41.9 Å². The summed E-state index contributed by atoms with van der Waals surface area (Å²) < 4.78 is 47.0. The lowest BCUT2D eigenvalue weighted by Crippen LogP contribution is -2.46. The number of carbonyl (C=O) groups excluding carboxylic acids is 1. The van der Waals surface area contributed by atoms with Gasteiger partial charge in [-0.1, -0.05) is 11.3 Å². The minimum absolute atomic E-state index is 0.0595. The highest BCUT2D eigenvalue weighted by Gasteiger charge is 2.29. The number of aliphatic hydroxyl groups is 1. The minimum Gasteiger partial charge on any atom is -0.389 e. The molecule has 40 heavy (non-hydrogen) atoms. The summed E-state index contributed by atoms with van der Waals surface area (Å²) in [5, 5.41) is 30.4. The number of likely N-dealkylation sites (tertiary alicyclic amines) is 1. The number of hydrogen-bond donors (Lipinski definition) is 2. The number of amides is 1. The van der Waals surface area contributed by atoms with Crippen LogP contribution in [-0.4, -0.2) is 62.7 Å². The third kappa shape index (κ3) is 5.20. The number of rotatable bonds is 6. The fourth-order valence-electron chi connectivity index (χ4n) is 4.95. The summed E-state index contributed by atoms with van der Waals surface area (Å²) in [6, 6.07) is 8.75. The number of fused-ring (bicyclic) bond motifs is 1. The van der Waals surface area contributed by atoms with E-state index >= 15 is 8.78 Å². The first kappa shape index (κ1) is 27.8. The molecule has 0 radical (unpaired) electrons. The van der Waals surface area contributed by atoms with Crippen LogP contribution in [0.4, 0.5) is 13.2 Å². The number of aromatic nitrogens is 3. The lowest BCUT2D eigenvalue weighted by Gasteiger charge is -2.32. The van der Waals surface area contributed by atoms with Gasteiger partial charge in [-0.05, 0) is 63.6 Å². The van der Waals surface area contributed by atoms with Crippen molar-refractivity contribution in [2.75, 3.05) is 20.1 Å². The molecule has 0 aliphatic carbocycles. The summed E-state index contributed by atoms with van der Waals surface area (Å²) in [4.78, 5) is 15.7. The molecule has 1 fully saturated rings. The molecule has 1 aliphatic heterocycles. The van der Waals surface area contributed by atoms with Gasteiger partial charge in [0.05, 0.1) is 22.6 Å². The Morgan fingerprint density at radius 2 is 2.00 bits per heavy atom. The zero-order chi connectivity index (χ0) is 28.8. The molecule has 1 amide bonds. The van der Waals surface area contributed by atoms with Gasteiger partial charge >= 0.3 is 0 Å². The number of hydrogen-bond acceptors (Lipinski definition) is 7. The first-order valence-electron chi connectivity index (χ1n) is 12.7. The van der Waals surface area contributed by atoms with Gasteiger partial charge in [-0.25, -0.2) is 17.9 Å². The van der Waals surface area contributed by atoms with E-state index in [4.69, 9.17) is 5.26 Å². The van der Waals surface area contributed by atoms with Gasteiger partial charge in [0.15, 0.2) is 11.6 Å². The molecule has 8 nitrogen and oxygen atoms in total. The molecule has 5 rings (SSSR count). The fourth-order valence-corrected chi connectivity index (χ4v) is 6.11. The zero-order valence-corrected chi connectivity index (χ0v) is 22.9. The Morgan fingerprint density at radius 1 is 1.23 bits per heavy atom. The molecule has 208 valence electrons. The summed E-state index contributed by atoms with van der Waals surface area (Å²) >= 11 is 0.981. The van der Waals surface area contributed by atoms with E-state index in [2.05, 4.69) is 15.6 Å². The number of nitrogens with one attached hydrogen (secondary N) is 1. The highest BCUT2D eigenvalue weighted by atomic mass is 32.1. The Kier molecular flexibility index (Phi) is 7.39. The van der Waals surface area contributed by atoms with Gasteiger partial charge in [-0.15, -0.1) is 16.4 Å². The van der Waals surface area contributed by atoms with Gasteiger partial charge in [0, 0.05) is 35.1 Å². The van der Waals surface area contributed by atoms with Crippen molar-refractivity contribution < 1.29 is 23.1 Å². The highest BCUT2D eigenvalue weighted by Crippen LogP contribution is 2.43. The van der Waals surface area contributed by atoms with Crippen molar-refractivity contribution in [2.45, 2.75) is 44.9 Å². The van der Waals surface area contributed by atoms with E-state index in [9.17, 15) is 14.3 Å². The molecule has 12 heteroatoms. The Labute approximate surface area is 232 Å².